The molecule has 0 amide bonds. The maximum atomic E-state index is 12.9. The van der Waals surface area contributed by atoms with E-state index in [0.717, 1.165) is 38.9 Å². The number of hydrogen-bond acceptors (Lipinski definition) is 3. The first-order valence-corrected chi connectivity index (χ1v) is 9.80. The van der Waals surface area contributed by atoms with Gasteiger partial charge in [-0.05, 0) is 45.4 Å². The Morgan fingerprint density at radius 1 is 1.19 bits per heavy atom. The minimum absolute atomic E-state index is 0.126. The molecule has 2 rings (SSSR count). The van der Waals surface area contributed by atoms with Gasteiger partial charge in [-0.25, -0.2) is 0 Å². The van der Waals surface area contributed by atoms with Crippen molar-refractivity contribution in [3.8, 4) is 0 Å². The fourth-order valence-electron chi connectivity index (χ4n) is 3.48. The van der Waals surface area contributed by atoms with E-state index >= 15 is 0 Å². The molecule has 1 saturated carbocycles. The number of alkyl halides is 3. The second kappa shape index (κ2) is 11.0. The Balaban J connectivity index is 1.71. The largest absolute Gasteiger partial charge is 0.391 e. The van der Waals surface area contributed by atoms with Gasteiger partial charge >= 0.3 is 6.18 Å². The fourth-order valence-corrected chi connectivity index (χ4v) is 3.48. The number of guanidine groups is 1. The summed E-state index contributed by atoms with van der Waals surface area (Å²) < 4.78 is 49.9. The van der Waals surface area contributed by atoms with Crippen LogP contribution in [-0.2, 0) is 9.47 Å². The van der Waals surface area contributed by atoms with Crippen molar-refractivity contribution in [2.75, 3.05) is 32.9 Å². The van der Waals surface area contributed by atoms with Crippen LogP contribution >= 0.6 is 0 Å². The van der Waals surface area contributed by atoms with Crippen LogP contribution in [0.3, 0.4) is 0 Å². The second-order valence-electron chi connectivity index (χ2n) is 7.04. The lowest BCUT2D eigenvalue weighted by molar-refractivity contribution is -0.183. The van der Waals surface area contributed by atoms with Crippen molar-refractivity contribution in [1.29, 1.82) is 0 Å². The van der Waals surface area contributed by atoms with Crippen molar-refractivity contribution in [1.82, 2.24) is 10.6 Å². The number of ether oxygens (including phenoxy) is 2. The average Bonchev–Trinajstić information content (AvgIpc) is 2.62. The Kier molecular flexibility index (Phi) is 8.98. The number of nitrogens with one attached hydrogen (secondary N) is 2. The Morgan fingerprint density at radius 3 is 2.65 bits per heavy atom. The molecule has 0 spiro atoms. The van der Waals surface area contributed by atoms with Crippen LogP contribution in [0.4, 0.5) is 13.2 Å². The number of aliphatic imine (C=N–C) groups is 1. The van der Waals surface area contributed by atoms with Gasteiger partial charge in [0.2, 0.25) is 0 Å². The summed E-state index contributed by atoms with van der Waals surface area (Å²) in [5.74, 6) is -0.601. The van der Waals surface area contributed by atoms with E-state index in [1.807, 2.05) is 6.92 Å². The van der Waals surface area contributed by atoms with Gasteiger partial charge in [0.05, 0.1) is 12.0 Å². The van der Waals surface area contributed by atoms with Crippen molar-refractivity contribution in [2.45, 2.75) is 70.2 Å². The van der Waals surface area contributed by atoms with Gasteiger partial charge in [-0.15, -0.1) is 0 Å². The molecule has 0 bridgehead atoms. The van der Waals surface area contributed by atoms with E-state index in [1.54, 1.807) is 0 Å². The normalized spacial score (nSPS) is 25.9. The van der Waals surface area contributed by atoms with Crippen LogP contribution in [0.5, 0.6) is 0 Å². The highest BCUT2D eigenvalue weighted by Crippen LogP contribution is 2.37. The third kappa shape index (κ3) is 7.70. The third-order valence-electron chi connectivity index (χ3n) is 4.92. The highest BCUT2D eigenvalue weighted by atomic mass is 19.4. The highest BCUT2D eigenvalue weighted by molar-refractivity contribution is 5.80. The zero-order valence-electron chi connectivity index (χ0n) is 15.6. The predicted molar refractivity (Wildman–Crippen MR) is 95.3 cm³/mol. The maximum Gasteiger partial charge on any atom is 0.391 e. The van der Waals surface area contributed by atoms with Gasteiger partial charge in [0.25, 0.3) is 0 Å². The molecule has 2 N–H and O–H groups in total. The van der Waals surface area contributed by atoms with Gasteiger partial charge in [0.1, 0.15) is 0 Å². The summed E-state index contributed by atoms with van der Waals surface area (Å²) in [5, 5.41) is 6.30. The summed E-state index contributed by atoms with van der Waals surface area (Å²) in [5.41, 5.74) is 0. The molecule has 0 aromatic rings. The monoisotopic (exact) mass is 379 g/mol. The SMILES string of the molecule is CCNC(=NCCCOC1CCOCC1)NC1CCCC(C(F)(F)F)C1. The topological polar surface area (TPSA) is 54.9 Å². The molecule has 0 radical (unpaired) electrons. The smallest absolute Gasteiger partial charge is 0.381 e. The van der Waals surface area contributed by atoms with E-state index in [9.17, 15) is 13.2 Å². The number of rotatable bonds is 7. The van der Waals surface area contributed by atoms with Crippen LogP contribution in [0.1, 0.15) is 51.9 Å². The van der Waals surface area contributed by atoms with Crippen LogP contribution in [0.2, 0.25) is 0 Å². The molecule has 2 fully saturated rings. The molecule has 1 saturated heterocycles. The molecular weight excluding hydrogens is 347 g/mol. The molecule has 2 aliphatic rings. The fraction of sp³-hybridized carbons (Fsp3) is 0.944. The molecule has 0 aromatic heterocycles. The van der Waals surface area contributed by atoms with Crippen LogP contribution in [-0.4, -0.2) is 57.2 Å². The molecule has 26 heavy (non-hydrogen) atoms. The lowest BCUT2D eigenvalue weighted by Gasteiger charge is -2.31. The molecule has 2 unspecified atom stereocenters. The zero-order valence-corrected chi connectivity index (χ0v) is 15.6. The molecule has 1 heterocycles. The van der Waals surface area contributed by atoms with Gasteiger partial charge in [-0.1, -0.05) is 6.42 Å². The molecule has 1 aliphatic heterocycles. The van der Waals surface area contributed by atoms with E-state index < -0.39 is 12.1 Å². The van der Waals surface area contributed by atoms with Gasteiger partial charge in [0.15, 0.2) is 5.96 Å². The Bertz CT molecular complexity index is 426. The first kappa shape index (κ1) is 21.3. The number of nitrogens with zero attached hydrogens (tertiary/aromatic N) is 1. The number of halogens is 3. The lowest BCUT2D eigenvalue weighted by Crippen LogP contribution is -2.46. The Hall–Kier alpha value is -1.02. The molecule has 2 atom stereocenters. The van der Waals surface area contributed by atoms with Crippen molar-refractivity contribution in [3.05, 3.63) is 0 Å². The highest BCUT2D eigenvalue weighted by Gasteiger charge is 2.42. The quantitative estimate of drug-likeness (QED) is 0.405. The predicted octanol–water partition coefficient (Wildman–Crippen LogP) is 3.25. The van der Waals surface area contributed by atoms with Crippen LogP contribution in [0, 0.1) is 5.92 Å². The van der Waals surface area contributed by atoms with Crippen molar-refractivity contribution in [3.63, 3.8) is 0 Å². The molecule has 5 nitrogen and oxygen atoms in total. The summed E-state index contributed by atoms with van der Waals surface area (Å²) >= 11 is 0. The van der Waals surface area contributed by atoms with E-state index in [0.29, 0.717) is 32.1 Å². The van der Waals surface area contributed by atoms with E-state index in [1.165, 1.54) is 0 Å². The molecule has 0 aromatic carbocycles. The summed E-state index contributed by atoms with van der Waals surface area (Å²) in [7, 11) is 0. The van der Waals surface area contributed by atoms with E-state index in [2.05, 4.69) is 15.6 Å². The van der Waals surface area contributed by atoms with Crippen LogP contribution < -0.4 is 10.6 Å². The Labute approximate surface area is 154 Å². The zero-order chi connectivity index (χ0) is 18.8. The average molecular weight is 379 g/mol. The minimum atomic E-state index is -4.10. The van der Waals surface area contributed by atoms with Crippen molar-refractivity contribution >= 4 is 5.96 Å². The molecule has 152 valence electrons. The van der Waals surface area contributed by atoms with Crippen LogP contribution in [0.15, 0.2) is 4.99 Å². The summed E-state index contributed by atoms with van der Waals surface area (Å²) in [6.45, 7) is 5.39. The lowest BCUT2D eigenvalue weighted by atomic mass is 9.85. The summed E-state index contributed by atoms with van der Waals surface area (Å²) in [6.07, 6.45) is 0.566. The molecular formula is C18H32F3N3O2. The maximum absolute atomic E-state index is 12.9. The number of hydrogen-bond donors (Lipinski definition) is 2. The first-order chi connectivity index (χ1) is 12.5. The van der Waals surface area contributed by atoms with E-state index in [-0.39, 0.29) is 25.0 Å². The Morgan fingerprint density at radius 2 is 1.96 bits per heavy atom. The van der Waals surface area contributed by atoms with Gasteiger partial charge in [-0.3, -0.25) is 4.99 Å². The standard InChI is InChI=1S/C18H32F3N3O2/c1-2-22-17(23-9-4-10-26-16-7-11-25-12-8-16)24-15-6-3-5-14(13-15)18(19,20)21/h14-16H,2-13H2,1H3,(H2,22,23,24). The van der Waals surface area contributed by atoms with Gasteiger partial charge in [-0.2, -0.15) is 13.2 Å². The molecule has 8 heteroatoms. The first-order valence-electron chi connectivity index (χ1n) is 9.80. The van der Waals surface area contributed by atoms with Crippen LogP contribution in [0.25, 0.3) is 0 Å². The summed E-state index contributed by atoms with van der Waals surface area (Å²) in [6, 6.07) is -0.174. The van der Waals surface area contributed by atoms with Gasteiger partial charge < -0.3 is 20.1 Å². The summed E-state index contributed by atoms with van der Waals surface area (Å²) in [4.78, 5) is 4.49. The van der Waals surface area contributed by atoms with Gasteiger partial charge in [0, 0.05) is 39.0 Å². The molecule has 1 aliphatic carbocycles. The van der Waals surface area contributed by atoms with Crippen molar-refractivity contribution in [2.24, 2.45) is 10.9 Å². The minimum Gasteiger partial charge on any atom is -0.381 e. The van der Waals surface area contributed by atoms with E-state index in [4.69, 9.17) is 9.47 Å². The second-order valence-corrected chi connectivity index (χ2v) is 7.04. The van der Waals surface area contributed by atoms with Crippen molar-refractivity contribution < 1.29 is 22.6 Å². The third-order valence-corrected chi connectivity index (χ3v) is 4.92.